The lowest BCUT2D eigenvalue weighted by molar-refractivity contribution is 0.458. The van der Waals surface area contributed by atoms with Crippen LogP contribution in [0.2, 0.25) is 0 Å². The zero-order valence-electron chi connectivity index (χ0n) is 6.68. The van der Waals surface area contributed by atoms with Crippen LogP contribution in [0.1, 0.15) is 0 Å². The summed E-state index contributed by atoms with van der Waals surface area (Å²) in [5, 5.41) is 10.7. The maximum Gasteiger partial charge on any atom is 0.255 e. The Bertz CT molecular complexity index is 366. The third-order valence-corrected chi connectivity index (χ3v) is 4.58. The maximum absolute atomic E-state index is 11.4. The molecule has 0 aliphatic heterocycles. The molecule has 0 bridgehead atoms. The summed E-state index contributed by atoms with van der Waals surface area (Å²) in [6, 6.07) is 1.36. The zero-order valence-corrected chi connectivity index (χ0v) is 8.32. The minimum absolute atomic E-state index is 0.00694. The molecule has 0 aromatic carbocycles. The van der Waals surface area contributed by atoms with Crippen molar-refractivity contribution in [2.75, 3.05) is 14.1 Å². The Morgan fingerprint density at radius 1 is 1.50 bits per heavy atom. The lowest BCUT2D eigenvalue weighted by Gasteiger charge is -2.08. The quantitative estimate of drug-likeness (QED) is 0.776. The minimum Gasteiger partial charge on any atom is -0.506 e. The van der Waals surface area contributed by atoms with E-state index in [4.69, 9.17) is 5.11 Å². The topological polar surface area (TPSA) is 57.6 Å². The average Bonchev–Trinajstić information content (AvgIpc) is 2.35. The summed E-state index contributed by atoms with van der Waals surface area (Å²) in [5.41, 5.74) is 0. The van der Waals surface area contributed by atoms with Gasteiger partial charge in [-0.2, -0.15) is 0 Å². The fraction of sp³-hybridized carbons (Fsp3) is 0.333. The van der Waals surface area contributed by atoms with Crippen molar-refractivity contribution >= 4 is 21.4 Å². The Morgan fingerprint density at radius 2 is 2.08 bits per heavy atom. The van der Waals surface area contributed by atoms with Gasteiger partial charge in [-0.05, 0) is 11.4 Å². The number of sulfonamides is 1. The largest absolute Gasteiger partial charge is 0.506 e. The Hall–Kier alpha value is -0.590. The Labute approximate surface area is 75.1 Å². The molecule has 4 nitrogen and oxygen atoms in total. The third kappa shape index (κ3) is 1.45. The number of nitrogens with zero attached hydrogens (tertiary/aromatic N) is 1. The molecular weight excluding hydrogens is 198 g/mol. The first kappa shape index (κ1) is 9.50. The van der Waals surface area contributed by atoms with E-state index in [1.807, 2.05) is 0 Å². The highest BCUT2D eigenvalue weighted by Crippen LogP contribution is 2.29. The Balaban J connectivity index is 3.24. The van der Waals surface area contributed by atoms with Crippen molar-refractivity contribution in [2.45, 2.75) is 4.21 Å². The molecule has 0 saturated carbocycles. The predicted molar refractivity (Wildman–Crippen MR) is 46.9 cm³/mol. The third-order valence-electron chi connectivity index (χ3n) is 1.33. The fourth-order valence-electron chi connectivity index (χ4n) is 0.647. The van der Waals surface area contributed by atoms with Gasteiger partial charge >= 0.3 is 0 Å². The van der Waals surface area contributed by atoms with Crippen LogP contribution in [0.3, 0.4) is 0 Å². The van der Waals surface area contributed by atoms with Gasteiger partial charge in [-0.25, -0.2) is 12.7 Å². The van der Waals surface area contributed by atoms with E-state index in [-0.39, 0.29) is 9.96 Å². The van der Waals surface area contributed by atoms with Gasteiger partial charge in [0, 0.05) is 14.1 Å². The summed E-state index contributed by atoms with van der Waals surface area (Å²) in [5.74, 6) is -0.186. The van der Waals surface area contributed by atoms with E-state index in [0.717, 1.165) is 15.6 Å². The van der Waals surface area contributed by atoms with Crippen LogP contribution in [0.15, 0.2) is 15.7 Å². The van der Waals surface area contributed by atoms with Crippen LogP contribution in [0.4, 0.5) is 0 Å². The number of aromatic hydroxyl groups is 1. The molecule has 12 heavy (non-hydrogen) atoms. The predicted octanol–water partition coefficient (Wildman–Crippen LogP) is 0.704. The second kappa shape index (κ2) is 3.04. The summed E-state index contributed by atoms with van der Waals surface area (Å²) in [7, 11) is -0.612. The highest BCUT2D eigenvalue weighted by molar-refractivity contribution is 7.91. The van der Waals surface area contributed by atoms with Gasteiger partial charge in [-0.1, -0.05) is 0 Å². The van der Waals surface area contributed by atoms with E-state index < -0.39 is 10.0 Å². The van der Waals surface area contributed by atoms with E-state index in [1.54, 1.807) is 0 Å². The molecule has 0 spiro atoms. The van der Waals surface area contributed by atoms with Crippen LogP contribution < -0.4 is 0 Å². The van der Waals surface area contributed by atoms with Crippen LogP contribution in [0.5, 0.6) is 5.75 Å². The van der Waals surface area contributed by atoms with E-state index in [2.05, 4.69) is 0 Å². The molecule has 0 aliphatic rings. The van der Waals surface area contributed by atoms with Gasteiger partial charge in [0.1, 0.15) is 5.75 Å². The van der Waals surface area contributed by atoms with Gasteiger partial charge in [0.25, 0.3) is 10.0 Å². The van der Waals surface area contributed by atoms with Crippen LogP contribution in [-0.4, -0.2) is 31.9 Å². The summed E-state index contributed by atoms with van der Waals surface area (Å²) >= 11 is 1.01. The van der Waals surface area contributed by atoms with Crippen molar-refractivity contribution in [1.29, 1.82) is 0 Å². The first-order chi connectivity index (χ1) is 5.46. The second-order valence-electron chi connectivity index (χ2n) is 2.38. The number of hydrogen-bond donors (Lipinski definition) is 1. The monoisotopic (exact) mass is 207 g/mol. The molecule has 1 heterocycles. The standard InChI is InChI=1S/C6H9NO3S2/c1-7(2)12(9,10)6-5(8)3-4-11-6/h3-4,8H,1-2H3. The van der Waals surface area contributed by atoms with Gasteiger partial charge < -0.3 is 5.11 Å². The normalized spacial score (nSPS) is 12.2. The van der Waals surface area contributed by atoms with E-state index >= 15 is 0 Å². The summed E-state index contributed by atoms with van der Waals surface area (Å²) < 4.78 is 23.8. The van der Waals surface area contributed by atoms with Gasteiger partial charge in [0.2, 0.25) is 0 Å². The highest BCUT2D eigenvalue weighted by Gasteiger charge is 2.22. The summed E-state index contributed by atoms with van der Waals surface area (Å²) in [6.07, 6.45) is 0. The number of hydrogen-bond acceptors (Lipinski definition) is 4. The van der Waals surface area contributed by atoms with Gasteiger partial charge in [0.05, 0.1) is 0 Å². The van der Waals surface area contributed by atoms with E-state index in [1.165, 1.54) is 25.5 Å². The van der Waals surface area contributed by atoms with Crippen molar-refractivity contribution in [3.05, 3.63) is 11.4 Å². The molecule has 0 saturated heterocycles. The lowest BCUT2D eigenvalue weighted by atomic mass is 10.6. The van der Waals surface area contributed by atoms with Gasteiger partial charge in [0.15, 0.2) is 4.21 Å². The van der Waals surface area contributed by atoms with Crippen molar-refractivity contribution < 1.29 is 13.5 Å². The Morgan fingerprint density at radius 3 is 2.42 bits per heavy atom. The molecule has 1 aromatic rings. The fourth-order valence-corrected chi connectivity index (χ4v) is 2.92. The smallest absolute Gasteiger partial charge is 0.255 e. The molecule has 68 valence electrons. The molecule has 1 rings (SSSR count). The molecule has 1 aromatic heterocycles. The number of thiophene rings is 1. The molecule has 0 radical (unpaired) electrons. The van der Waals surface area contributed by atoms with Gasteiger partial charge in [-0.3, -0.25) is 0 Å². The van der Waals surface area contributed by atoms with Crippen LogP contribution in [0.25, 0.3) is 0 Å². The molecule has 6 heteroatoms. The molecular formula is C6H9NO3S2. The van der Waals surface area contributed by atoms with Crippen LogP contribution >= 0.6 is 11.3 Å². The molecule has 0 unspecified atom stereocenters. The minimum atomic E-state index is -3.46. The molecule has 0 atom stereocenters. The summed E-state index contributed by atoms with van der Waals surface area (Å²) in [4.78, 5) is 0. The first-order valence-corrected chi connectivity index (χ1v) is 5.47. The summed E-state index contributed by atoms with van der Waals surface area (Å²) in [6.45, 7) is 0. The average molecular weight is 207 g/mol. The van der Waals surface area contributed by atoms with E-state index in [9.17, 15) is 8.42 Å². The number of rotatable bonds is 2. The second-order valence-corrected chi connectivity index (χ2v) is 5.64. The van der Waals surface area contributed by atoms with Crippen molar-refractivity contribution in [3.8, 4) is 5.75 Å². The van der Waals surface area contributed by atoms with Crippen molar-refractivity contribution in [3.63, 3.8) is 0 Å². The maximum atomic E-state index is 11.4. The van der Waals surface area contributed by atoms with Crippen LogP contribution in [0, 0.1) is 0 Å². The molecule has 0 aliphatic carbocycles. The van der Waals surface area contributed by atoms with Crippen molar-refractivity contribution in [2.24, 2.45) is 0 Å². The van der Waals surface area contributed by atoms with Gasteiger partial charge in [-0.15, -0.1) is 11.3 Å². The Kier molecular flexibility index (Phi) is 2.41. The highest BCUT2D eigenvalue weighted by atomic mass is 32.2. The SMILES string of the molecule is CN(C)S(=O)(=O)c1sccc1O. The zero-order chi connectivity index (χ0) is 9.35. The lowest BCUT2D eigenvalue weighted by Crippen LogP contribution is -2.21. The van der Waals surface area contributed by atoms with Crippen LogP contribution in [-0.2, 0) is 10.0 Å². The molecule has 1 N–H and O–H groups in total. The first-order valence-electron chi connectivity index (χ1n) is 3.15. The van der Waals surface area contributed by atoms with Crippen molar-refractivity contribution in [1.82, 2.24) is 4.31 Å². The van der Waals surface area contributed by atoms with E-state index in [0.29, 0.717) is 0 Å². The molecule has 0 amide bonds. The molecule has 0 fully saturated rings.